The molecule has 0 atom stereocenters. The van der Waals surface area contributed by atoms with Gasteiger partial charge in [0.2, 0.25) is 0 Å². The van der Waals surface area contributed by atoms with E-state index < -0.39 is 0 Å². The second-order valence-corrected chi connectivity index (χ2v) is 4.76. The van der Waals surface area contributed by atoms with Crippen molar-refractivity contribution in [2.75, 3.05) is 14.2 Å². The Morgan fingerprint density at radius 1 is 1.00 bits per heavy atom. The van der Waals surface area contributed by atoms with Gasteiger partial charge in [0, 0.05) is 21.7 Å². The maximum atomic E-state index is 12.5. The van der Waals surface area contributed by atoms with E-state index in [1.54, 1.807) is 38.5 Å². The molecule has 0 aliphatic rings. The van der Waals surface area contributed by atoms with E-state index >= 15 is 0 Å². The van der Waals surface area contributed by atoms with Crippen LogP contribution in [0.5, 0.6) is 11.5 Å². The van der Waals surface area contributed by atoms with Crippen LogP contribution in [0.4, 0.5) is 0 Å². The first-order valence-corrected chi connectivity index (χ1v) is 6.47. The monoisotopic (exact) mass is 320 g/mol. The molecule has 2 aromatic carbocycles. The molecule has 98 valence electrons. The van der Waals surface area contributed by atoms with Crippen molar-refractivity contribution in [3.63, 3.8) is 0 Å². The van der Waals surface area contributed by atoms with Gasteiger partial charge in [-0.3, -0.25) is 4.79 Å². The summed E-state index contributed by atoms with van der Waals surface area (Å²) in [7, 11) is 3.11. The van der Waals surface area contributed by atoms with Crippen molar-refractivity contribution < 1.29 is 14.3 Å². The Labute approximate surface area is 120 Å². The molecular formula is C15H13BrO3. The molecule has 0 amide bonds. The van der Waals surface area contributed by atoms with Crippen molar-refractivity contribution in [3.8, 4) is 11.5 Å². The summed E-state index contributed by atoms with van der Waals surface area (Å²) < 4.78 is 11.1. The molecule has 0 spiro atoms. The number of ketones is 1. The van der Waals surface area contributed by atoms with Gasteiger partial charge in [0.25, 0.3) is 0 Å². The quantitative estimate of drug-likeness (QED) is 0.806. The predicted molar refractivity (Wildman–Crippen MR) is 77.1 cm³/mol. The summed E-state index contributed by atoms with van der Waals surface area (Å²) in [5, 5.41) is 0. The molecule has 0 bridgehead atoms. The van der Waals surface area contributed by atoms with Crippen LogP contribution in [0.25, 0.3) is 0 Å². The second-order valence-electron chi connectivity index (χ2n) is 3.91. The number of carbonyl (C=O) groups excluding carboxylic acids is 1. The lowest BCUT2D eigenvalue weighted by Gasteiger charge is -2.08. The molecule has 0 aliphatic heterocycles. The minimum absolute atomic E-state index is 0.0790. The molecule has 0 saturated carbocycles. The molecule has 4 heteroatoms. The van der Waals surface area contributed by atoms with Gasteiger partial charge in [0.1, 0.15) is 11.5 Å². The molecule has 19 heavy (non-hydrogen) atoms. The maximum Gasteiger partial charge on any atom is 0.194 e. The van der Waals surface area contributed by atoms with Crippen molar-refractivity contribution in [3.05, 3.63) is 58.1 Å². The van der Waals surface area contributed by atoms with Crippen molar-refractivity contribution in [2.45, 2.75) is 0 Å². The molecule has 0 heterocycles. The van der Waals surface area contributed by atoms with Gasteiger partial charge < -0.3 is 9.47 Å². The zero-order chi connectivity index (χ0) is 13.8. The van der Waals surface area contributed by atoms with Crippen molar-refractivity contribution in [1.82, 2.24) is 0 Å². The second kappa shape index (κ2) is 5.89. The lowest BCUT2D eigenvalue weighted by Crippen LogP contribution is -2.03. The van der Waals surface area contributed by atoms with Gasteiger partial charge in [-0.2, -0.15) is 0 Å². The molecule has 0 fully saturated rings. The van der Waals surface area contributed by atoms with Gasteiger partial charge in [0.05, 0.1) is 14.2 Å². The van der Waals surface area contributed by atoms with Crippen LogP contribution < -0.4 is 9.47 Å². The number of hydrogen-bond acceptors (Lipinski definition) is 3. The van der Waals surface area contributed by atoms with Crippen LogP contribution in [0.1, 0.15) is 15.9 Å². The summed E-state index contributed by atoms with van der Waals surface area (Å²) in [5.41, 5.74) is 1.14. The number of halogens is 1. The van der Waals surface area contributed by atoms with Gasteiger partial charge >= 0.3 is 0 Å². The van der Waals surface area contributed by atoms with Gasteiger partial charge in [-0.1, -0.05) is 28.1 Å². The zero-order valence-electron chi connectivity index (χ0n) is 10.6. The summed E-state index contributed by atoms with van der Waals surface area (Å²) >= 11 is 3.38. The first-order chi connectivity index (χ1) is 9.15. The highest BCUT2D eigenvalue weighted by Gasteiger charge is 2.14. The van der Waals surface area contributed by atoms with Crippen LogP contribution in [-0.4, -0.2) is 20.0 Å². The fourth-order valence-corrected chi connectivity index (χ4v) is 2.20. The van der Waals surface area contributed by atoms with E-state index in [0.29, 0.717) is 22.6 Å². The zero-order valence-corrected chi connectivity index (χ0v) is 12.2. The van der Waals surface area contributed by atoms with Gasteiger partial charge in [-0.05, 0) is 24.3 Å². The van der Waals surface area contributed by atoms with Gasteiger partial charge in [-0.15, -0.1) is 0 Å². The Hall–Kier alpha value is -1.81. The normalized spacial score (nSPS) is 10.1. The van der Waals surface area contributed by atoms with Crippen LogP contribution in [0.3, 0.4) is 0 Å². The van der Waals surface area contributed by atoms with E-state index in [2.05, 4.69) is 15.9 Å². The highest BCUT2D eigenvalue weighted by molar-refractivity contribution is 9.10. The summed E-state index contributed by atoms with van der Waals surface area (Å²) in [6, 6.07) is 12.4. The van der Waals surface area contributed by atoms with E-state index in [4.69, 9.17) is 9.47 Å². The van der Waals surface area contributed by atoms with E-state index in [0.717, 1.165) is 4.47 Å². The Kier molecular flexibility index (Phi) is 4.22. The Morgan fingerprint density at radius 3 is 2.11 bits per heavy atom. The summed E-state index contributed by atoms with van der Waals surface area (Å²) in [6.07, 6.45) is 0. The number of ether oxygens (including phenoxy) is 2. The Bertz CT molecular complexity index is 586. The highest BCUT2D eigenvalue weighted by atomic mass is 79.9. The minimum atomic E-state index is -0.0790. The largest absolute Gasteiger partial charge is 0.497 e. The molecule has 0 unspecified atom stereocenters. The number of hydrogen-bond donors (Lipinski definition) is 0. The number of carbonyl (C=O) groups is 1. The van der Waals surface area contributed by atoms with Gasteiger partial charge in [0.15, 0.2) is 5.78 Å². The molecule has 0 aliphatic carbocycles. The molecule has 3 nitrogen and oxygen atoms in total. The predicted octanol–water partition coefficient (Wildman–Crippen LogP) is 3.70. The van der Waals surface area contributed by atoms with E-state index in [1.807, 2.05) is 18.2 Å². The molecular weight excluding hydrogens is 308 g/mol. The molecule has 2 rings (SSSR count). The molecule has 0 radical (unpaired) electrons. The van der Waals surface area contributed by atoms with Gasteiger partial charge in [-0.25, -0.2) is 0 Å². The standard InChI is InChI=1S/C15H13BrO3/c1-18-11-7-10(8-12(9-11)19-2)15(17)13-5-3-4-6-14(13)16/h3-9H,1-2H3. The summed E-state index contributed by atoms with van der Waals surface area (Å²) in [4.78, 5) is 12.5. The fourth-order valence-electron chi connectivity index (χ4n) is 1.74. The number of methoxy groups -OCH3 is 2. The minimum Gasteiger partial charge on any atom is -0.497 e. The summed E-state index contributed by atoms with van der Waals surface area (Å²) in [6.45, 7) is 0. The molecule has 0 aromatic heterocycles. The van der Waals surface area contributed by atoms with Crippen molar-refractivity contribution in [2.24, 2.45) is 0 Å². The summed E-state index contributed by atoms with van der Waals surface area (Å²) in [5.74, 6) is 1.11. The maximum absolute atomic E-state index is 12.5. The lowest BCUT2D eigenvalue weighted by atomic mass is 10.0. The molecule has 0 saturated heterocycles. The molecule has 2 aromatic rings. The SMILES string of the molecule is COc1cc(OC)cc(C(=O)c2ccccc2Br)c1. The smallest absolute Gasteiger partial charge is 0.194 e. The van der Waals surface area contributed by atoms with Crippen molar-refractivity contribution in [1.29, 1.82) is 0 Å². The first-order valence-electron chi connectivity index (χ1n) is 5.68. The average Bonchev–Trinajstić information content (AvgIpc) is 2.46. The van der Waals surface area contributed by atoms with E-state index in [9.17, 15) is 4.79 Å². The van der Waals surface area contributed by atoms with Crippen LogP contribution in [-0.2, 0) is 0 Å². The lowest BCUT2D eigenvalue weighted by molar-refractivity contribution is 0.103. The highest BCUT2D eigenvalue weighted by Crippen LogP contribution is 2.26. The third-order valence-corrected chi connectivity index (χ3v) is 3.42. The fraction of sp³-hybridized carbons (Fsp3) is 0.133. The van der Waals surface area contributed by atoms with Crippen LogP contribution in [0.2, 0.25) is 0 Å². The topological polar surface area (TPSA) is 35.5 Å². The van der Waals surface area contributed by atoms with Crippen LogP contribution in [0.15, 0.2) is 46.9 Å². The number of benzene rings is 2. The van der Waals surface area contributed by atoms with Crippen molar-refractivity contribution >= 4 is 21.7 Å². The number of rotatable bonds is 4. The van der Waals surface area contributed by atoms with Crippen LogP contribution >= 0.6 is 15.9 Å². The third kappa shape index (κ3) is 2.96. The van der Waals surface area contributed by atoms with E-state index in [-0.39, 0.29) is 5.78 Å². The van der Waals surface area contributed by atoms with E-state index in [1.165, 1.54) is 0 Å². The van der Waals surface area contributed by atoms with Crippen LogP contribution in [0, 0.1) is 0 Å². The Morgan fingerprint density at radius 2 is 1.58 bits per heavy atom. The third-order valence-electron chi connectivity index (χ3n) is 2.73. The first kappa shape index (κ1) is 13.6. The molecule has 0 N–H and O–H groups in total. The Balaban J connectivity index is 2.47. The average molecular weight is 321 g/mol.